The zero-order chi connectivity index (χ0) is 38.9. The highest BCUT2D eigenvalue weighted by Crippen LogP contribution is 2.41. The molecule has 0 amide bonds. The molecule has 0 saturated carbocycles. The molecule has 9 aromatic carbocycles. The van der Waals surface area contributed by atoms with Crippen LogP contribution in [0.4, 0.5) is 0 Å². The van der Waals surface area contributed by atoms with Gasteiger partial charge in [0.1, 0.15) is 0 Å². The summed E-state index contributed by atoms with van der Waals surface area (Å²) in [7, 11) is 0. The van der Waals surface area contributed by atoms with Crippen LogP contribution in [0, 0.1) is 0 Å². The molecule has 276 valence electrons. The van der Waals surface area contributed by atoms with Gasteiger partial charge in [-0.3, -0.25) is 0 Å². The summed E-state index contributed by atoms with van der Waals surface area (Å²) >= 11 is 0. The summed E-state index contributed by atoms with van der Waals surface area (Å²) < 4.78 is 7.26. The fourth-order valence-corrected chi connectivity index (χ4v) is 9.33. The van der Waals surface area contributed by atoms with Crippen molar-refractivity contribution in [3.05, 3.63) is 225 Å². The highest BCUT2D eigenvalue weighted by atomic mass is 15.0. The number of aromatic nitrogens is 3. The second-order valence-corrected chi connectivity index (χ2v) is 15.4. The highest BCUT2D eigenvalue weighted by Gasteiger charge is 2.20. The summed E-state index contributed by atoms with van der Waals surface area (Å²) in [6.45, 7) is 0. The Kier molecular flexibility index (Phi) is 7.54. The summed E-state index contributed by atoms with van der Waals surface area (Å²) in [5, 5.41) is 6.17. The Morgan fingerprint density at radius 3 is 1.41 bits per heavy atom. The molecule has 0 bridgehead atoms. The Hall–Kier alpha value is -7.88. The zero-order valence-electron chi connectivity index (χ0n) is 32.2. The van der Waals surface area contributed by atoms with E-state index in [1.54, 1.807) is 0 Å². The van der Waals surface area contributed by atoms with E-state index >= 15 is 0 Å². The fourth-order valence-electron chi connectivity index (χ4n) is 9.33. The van der Waals surface area contributed by atoms with Crippen molar-refractivity contribution in [3.63, 3.8) is 0 Å². The predicted octanol–water partition coefficient (Wildman–Crippen LogP) is 14.8. The third-order valence-electron chi connectivity index (χ3n) is 12.1. The Morgan fingerprint density at radius 1 is 0.237 bits per heavy atom. The smallest absolute Gasteiger partial charge is 0.0635 e. The third kappa shape index (κ3) is 5.36. The van der Waals surface area contributed by atoms with Gasteiger partial charge in [0, 0.05) is 50.2 Å². The van der Waals surface area contributed by atoms with Crippen LogP contribution in [-0.2, 0) is 0 Å². The van der Waals surface area contributed by atoms with E-state index in [0.29, 0.717) is 0 Å². The first-order chi connectivity index (χ1) is 29.3. The van der Waals surface area contributed by atoms with Gasteiger partial charge in [-0.05, 0) is 100 Å². The van der Waals surface area contributed by atoms with E-state index in [1.165, 1.54) is 87.9 Å². The molecule has 0 aliphatic carbocycles. The van der Waals surface area contributed by atoms with Gasteiger partial charge in [0.25, 0.3) is 0 Å². The van der Waals surface area contributed by atoms with Crippen molar-refractivity contribution in [1.29, 1.82) is 0 Å². The van der Waals surface area contributed by atoms with E-state index in [-0.39, 0.29) is 0 Å². The minimum Gasteiger partial charge on any atom is -0.316 e. The first-order valence-electron chi connectivity index (χ1n) is 20.3. The van der Waals surface area contributed by atoms with Crippen molar-refractivity contribution >= 4 is 54.5 Å². The molecule has 3 heterocycles. The maximum Gasteiger partial charge on any atom is 0.0635 e. The van der Waals surface area contributed by atoms with Crippen LogP contribution < -0.4 is 0 Å². The van der Waals surface area contributed by atoms with E-state index in [1.807, 2.05) is 0 Å². The summed E-state index contributed by atoms with van der Waals surface area (Å²) in [5.41, 5.74) is 16.5. The summed E-state index contributed by atoms with van der Waals surface area (Å²) in [5.74, 6) is 0. The van der Waals surface area contributed by atoms with Gasteiger partial charge in [-0.15, -0.1) is 0 Å². The molecule has 0 N–H and O–H groups in total. The van der Waals surface area contributed by atoms with Crippen LogP contribution in [0.2, 0.25) is 0 Å². The molecule has 0 atom stereocenters. The quantitative estimate of drug-likeness (QED) is 0.161. The number of nitrogens with zero attached hydrogens (tertiary/aromatic N) is 3. The highest BCUT2D eigenvalue weighted by molar-refractivity contribution is 6.18. The first-order valence-corrected chi connectivity index (χ1v) is 20.3. The monoisotopic (exact) mass is 751 g/mol. The number of benzene rings is 9. The molecule has 3 nitrogen and oxygen atoms in total. The average Bonchev–Trinajstić information content (AvgIpc) is 4.00. The molecule has 3 heteroatoms. The van der Waals surface area contributed by atoms with Gasteiger partial charge in [-0.1, -0.05) is 152 Å². The molecule has 0 unspecified atom stereocenters. The molecule has 0 aliphatic rings. The van der Waals surface area contributed by atoms with Crippen LogP contribution in [0.1, 0.15) is 0 Å². The Balaban J connectivity index is 1.10. The lowest BCUT2D eigenvalue weighted by Crippen LogP contribution is -2.00. The van der Waals surface area contributed by atoms with E-state index < -0.39 is 0 Å². The molecule has 59 heavy (non-hydrogen) atoms. The van der Waals surface area contributed by atoms with Crippen molar-refractivity contribution in [1.82, 2.24) is 13.7 Å². The van der Waals surface area contributed by atoms with E-state index in [9.17, 15) is 0 Å². The first kappa shape index (κ1) is 33.3. The molecule has 0 saturated heterocycles. The second-order valence-electron chi connectivity index (χ2n) is 15.4. The predicted molar refractivity (Wildman–Crippen MR) is 248 cm³/mol. The van der Waals surface area contributed by atoms with Crippen LogP contribution in [0.5, 0.6) is 0 Å². The molecule has 0 aliphatic heterocycles. The lowest BCUT2D eigenvalue weighted by molar-refractivity contribution is 1.13. The largest absolute Gasteiger partial charge is 0.316 e. The van der Waals surface area contributed by atoms with Crippen molar-refractivity contribution in [2.45, 2.75) is 0 Å². The minimum absolute atomic E-state index is 1.12. The Labute approximate surface area is 341 Å². The van der Waals surface area contributed by atoms with Gasteiger partial charge < -0.3 is 13.7 Å². The molecule has 0 radical (unpaired) electrons. The van der Waals surface area contributed by atoms with Crippen molar-refractivity contribution in [3.8, 4) is 50.4 Å². The van der Waals surface area contributed by atoms with E-state index in [2.05, 4.69) is 238 Å². The molecular weight excluding hydrogens is 715 g/mol. The van der Waals surface area contributed by atoms with Gasteiger partial charge in [0.2, 0.25) is 0 Å². The van der Waals surface area contributed by atoms with Crippen LogP contribution in [0.3, 0.4) is 0 Å². The van der Waals surface area contributed by atoms with Crippen LogP contribution >= 0.6 is 0 Å². The fraction of sp³-hybridized carbons (Fsp3) is 0. The van der Waals surface area contributed by atoms with Crippen LogP contribution in [0.25, 0.3) is 105 Å². The van der Waals surface area contributed by atoms with Gasteiger partial charge >= 0.3 is 0 Å². The number of para-hydroxylation sites is 2. The average molecular weight is 752 g/mol. The standard InChI is InChI=1S/C56H37N3/c1-4-14-38(15-5-1)41-24-27-44(28-25-41)57-33-32-50-52(57)31-29-49-47-20-10-13-23-54(47)59(56(49)50)46-35-43(40-18-8-3-9-19-40)34-45(37-46)58-53-22-12-11-21-48(53)51-36-42(26-30-55(51)58)39-16-6-2-7-17-39/h1-37H. The molecular formula is C56H37N3. The van der Waals surface area contributed by atoms with E-state index in [0.717, 1.165) is 17.1 Å². The minimum atomic E-state index is 1.12. The van der Waals surface area contributed by atoms with E-state index in [4.69, 9.17) is 0 Å². The lowest BCUT2D eigenvalue weighted by atomic mass is 10.0. The van der Waals surface area contributed by atoms with Crippen LogP contribution in [-0.4, -0.2) is 13.7 Å². The van der Waals surface area contributed by atoms with Gasteiger partial charge in [0.15, 0.2) is 0 Å². The van der Waals surface area contributed by atoms with Crippen molar-refractivity contribution in [2.75, 3.05) is 0 Å². The van der Waals surface area contributed by atoms with Crippen molar-refractivity contribution in [2.24, 2.45) is 0 Å². The number of hydrogen-bond donors (Lipinski definition) is 0. The topological polar surface area (TPSA) is 14.8 Å². The lowest BCUT2D eigenvalue weighted by Gasteiger charge is -2.16. The molecule has 12 aromatic rings. The third-order valence-corrected chi connectivity index (χ3v) is 12.1. The van der Waals surface area contributed by atoms with Gasteiger partial charge in [0.05, 0.1) is 27.6 Å². The van der Waals surface area contributed by atoms with Crippen molar-refractivity contribution < 1.29 is 0 Å². The molecule has 12 rings (SSSR count). The second kappa shape index (κ2) is 13.4. The summed E-state index contributed by atoms with van der Waals surface area (Å²) in [6, 6.07) is 79.5. The number of rotatable bonds is 6. The maximum atomic E-state index is 2.49. The summed E-state index contributed by atoms with van der Waals surface area (Å²) in [4.78, 5) is 0. The molecule has 0 spiro atoms. The zero-order valence-corrected chi connectivity index (χ0v) is 32.2. The van der Waals surface area contributed by atoms with Gasteiger partial charge in [-0.2, -0.15) is 0 Å². The molecule has 3 aromatic heterocycles. The molecule has 0 fully saturated rings. The van der Waals surface area contributed by atoms with Gasteiger partial charge in [-0.25, -0.2) is 0 Å². The van der Waals surface area contributed by atoms with Crippen LogP contribution in [0.15, 0.2) is 225 Å². The Morgan fingerprint density at radius 2 is 0.729 bits per heavy atom. The maximum absolute atomic E-state index is 2.49. The Bertz CT molecular complexity index is 3520. The number of fused-ring (bicyclic) bond motifs is 8. The normalized spacial score (nSPS) is 11.7. The SMILES string of the molecule is c1ccc(-c2ccc(-n3ccc4c3ccc3c5ccccc5n(-c5cc(-c6ccccc6)cc(-n6c7ccccc7c7cc(-c8ccccc8)ccc76)c5)c34)cc2)cc1. The summed E-state index contributed by atoms with van der Waals surface area (Å²) in [6.07, 6.45) is 2.22. The number of hydrogen-bond acceptors (Lipinski definition) is 0.